The molecule has 29 heavy (non-hydrogen) atoms. The Labute approximate surface area is 172 Å². The van der Waals surface area contributed by atoms with E-state index < -0.39 is 15.8 Å². The van der Waals surface area contributed by atoms with Crippen molar-refractivity contribution in [3.8, 4) is 0 Å². The maximum absolute atomic E-state index is 13.2. The number of halogens is 2. The van der Waals surface area contributed by atoms with Crippen LogP contribution < -0.4 is 10.0 Å². The summed E-state index contributed by atoms with van der Waals surface area (Å²) < 4.78 is 42.1. The third-order valence-electron chi connectivity index (χ3n) is 4.00. The number of hydrogen-bond donors (Lipinski definition) is 2. The fourth-order valence-electron chi connectivity index (χ4n) is 2.56. The molecule has 2 aromatic carbocycles. The van der Waals surface area contributed by atoms with Crippen molar-refractivity contribution in [3.63, 3.8) is 0 Å². The van der Waals surface area contributed by atoms with Crippen molar-refractivity contribution in [1.82, 2.24) is 9.78 Å². The van der Waals surface area contributed by atoms with Gasteiger partial charge in [-0.2, -0.15) is 5.10 Å². The third kappa shape index (κ3) is 4.75. The van der Waals surface area contributed by atoms with Gasteiger partial charge in [0.25, 0.3) is 15.9 Å². The summed E-state index contributed by atoms with van der Waals surface area (Å²) in [6, 6.07) is 10.8. The molecule has 0 saturated carbocycles. The lowest BCUT2D eigenvalue weighted by atomic mass is 10.2. The van der Waals surface area contributed by atoms with Crippen LogP contribution in [0.1, 0.15) is 30.2 Å². The van der Waals surface area contributed by atoms with Crippen molar-refractivity contribution in [2.75, 3.05) is 10.0 Å². The highest BCUT2D eigenvalue weighted by atomic mass is 35.5. The number of sulfonamides is 1. The molecule has 0 unspecified atom stereocenters. The molecular formula is C19H18ClFN4O3S. The van der Waals surface area contributed by atoms with Gasteiger partial charge in [-0.3, -0.25) is 9.52 Å². The van der Waals surface area contributed by atoms with Gasteiger partial charge in [0.2, 0.25) is 0 Å². The lowest BCUT2D eigenvalue weighted by Crippen LogP contribution is -2.17. The normalized spacial score (nSPS) is 11.5. The standard InChI is InChI=1S/C19H18ClFN4O3S/c1-12(2)25-18(9-10-22-25)23-19(26)13-3-5-14(6-4-13)24-29(27,28)15-7-8-17(21)16(20)11-15/h3-12,24H,1-2H3,(H,23,26). The van der Waals surface area contributed by atoms with Gasteiger partial charge in [0.15, 0.2) is 0 Å². The van der Waals surface area contributed by atoms with Crippen LogP contribution >= 0.6 is 11.6 Å². The van der Waals surface area contributed by atoms with Gasteiger partial charge in [0.1, 0.15) is 11.6 Å². The monoisotopic (exact) mass is 436 g/mol. The molecule has 2 N–H and O–H groups in total. The molecule has 0 aliphatic heterocycles. The molecule has 0 aliphatic carbocycles. The van der Waals surface area contributed by atoms with Crippen LogP contribution in [0.4, 0.5) is 15.9 Å². The molecule has 10 heteroatoms. The molecule has 3 aromatic rings. The van der Waals surface area contributed by atoms with Crippen molar-refractivity contribution in [2.45, 2.75) is 24.8 Å². The minimum atomic E-state index is -3.96. The van der Waals surface area contributed by atoms with Crippen molar-refractivity contribution in [1.29, 1.82) is 0 Å². The van der Waals surface area contributed by atoms with Gasteiger partial charge in [0, 0.05) is 23.4 Å². The van der Waals surface area contributed by atoms with E-state index >= 15 is 0 Å². The summed E-state index contributed by atoms with van der Waals surface area (Å²) in [6.45, 7) is 3.88. The minimum absolute atomic E-state index is 0.0806. The molecule has 0 atom stereocenters. The number of carbonyl (C=O) groups excluding carboxylic acids is 1. The highest BCUT2D eigenvalue weighted by Crippen LogP contribution is 2.22. The van der Waals surface area contributed by atoms with Crippen LogP contribution in [0.5, 0.6) is 0 Å². The first kappa shape index (κ1) is 20.8. The van der Waals surface area contributed by atoms with Crippen LogP contribution in [-0.4, -0.2) is 24.1 Å². The summed E-state index contributed by atoms with van der Waals surface area (Å²) in [7, 11) is -3.96. The Morgan fingerprint density at radius 2 is 1.83 bits per heavy atom. The summed E-state index contributed by atoms with van der Waals surface area (Å²) in [6.07, 6.45) is 1.59. The maximum Gasteiger partial charge on any atom is 0.261 e. The highest BCUT2D eigenvalue weighted by molar-refractivity contribution is 7.92. The summed E-state index contributed by atoms with van der Waals surface area (Å²) in [5.41, 5.74) is 0.587. The fraction of sp³-hybridized carbons (Fsp3) is 0.158. The Kier molecular flexibility index (Phi) is 5.90. The lowest BCUT2D eigenvalue weighted by Gasteiger charge is -2.12. The fourth-order valence-corrected chi connectivity index (χ4v) is 3.89. The smallest absolute Gasteiger partial charge is 0.261 e. The highest BCUT2D eigenvalue weighted by Gasteiger charge is 2.17. The molecule has 1 heterocycles. The molecule has 0 radical (unpaired) electrons. The zero-order chi connectivity index (χ0) is 21.2. The van der Waals surface area contributed by atoms with E-state index in [9.17, 15) is 17.6 Å². The van der Waals surface area contributed by atoms with Crippen LogP contribution in [0.3, 0.4) is 0 Å². The van der Waals surface area contributed by atoms with Gasteiger partial charge >= 0.3 is 0 Å². The first-order valence-corrected chi connectivity index (χ1v) is 10.5. The minimum Gasteiger partial charge on any atom is -0.307 e. The topological polar surface area (TPSA) is 93.1 Å². The van der Waals surface area contributed by atoms with Crippen molar-refractivity contribution < 1.29 is 17.6 Å². The third-order valence-corrected chi connectivity index (χ3v) is 5.67. The van der Waals surface area contributed by atoms with Crippen LogP contribution in [0, 0.1) is 5.82 Å². The molecule has 7 nitrogen and oxygen atoms in total. The summed E-state index contributed by atoms with van der Waals surface area (Å²) in [4.78, 5) is 12.3. The van der Waals surface area contributed by atoms with E-state index in [1.807, 2.05) is 13.8 Å². The molecule has 0 bridgehead atoms. The number of benzene rings is 2. The summed E-state index contributed by atoms with van der Waals surface area (Å²) in [5.74, 6) is -0.505. The van der Waals surface area contributed by atoms with E-state index in [1.54, 1.807) is 16.9 Å². The molecule has 0 fully saturated rings. The van der Waals surface area contributed by atoms with Crippen molar-refractivity contribution in [2.24, 2.45) is 0 Å². The molecule has 1 aromatic heterocycles. The van der Waals surface area contributed by atoms with E-state index in [4.69, 9.17) is 11.6 Å². The Morgan fingerprint density at radius 1 is 1.14 bits per heavy atom. The second-order valence-corrected chi connectivity index (χ2v) is 8.56. The van der Waals surface area contributed by atoms with Crippen LogP contribution in [0.25, 0.3) is 0 Å². The van der Waals surface area contributed by atoms with Gasteiger partial charge in [-0.15, -0.1) is 0 Å². The summed E-state index contributed by atoms with van der Waals surface area (Å²) >= 11 is 5.65. The second kappa shape index (κ2) is 8.22. The predicted octanol–water partition coefficient (Wildman–Crippen LogP) is 4.31. The number of amides is 1. The van der Waals surface area contributed by atoms with Gasteiger partial charge < -0.3 is 5.32 Å². The largest absolute Gasteiger partial charge is 0.307 e. The Hall–Kier alpha value is -2.91. The number of anilines is 2. The number of aromatic nitrogens is 2. The van der Waals surface area contributed by atoms with Gasteiger partial charge in [-0.25, -0.2) is 17.5 Å². The van der Waals surface area contributed by atoms with E-state index in [0.717, 1.165) is 18.2 Å². The summed E-state index contributed by atoms with van der Waals surface area (Å²) in [5, 5.41) is 6.62. The van der Waals surface area contributed by atoms with Crippen molar-refractivity contribution >= 4 is 39.0 Å². The Morgan fingerprint density at radius 3 is 2.45 bits per heavy atom. The van der Waals surface area contributed by atoms with Gasteiger partial charge in [-0.1, -0.05) is 11.6 Å². The average Bonchev–Trinajstić information content (AvgIpc) is 3.12. The van der Waals surface area contributed by atoms with Crippen LogP contribution in [0.15, 0.2) is 59.6 Å². The van der Waals surface area contributed by atoms with Gasteiger partial charge in [0.05, 0.1) is 16.1 Å². The first-order valence-electron chi connectivity index (χ1n) is 8.60. The van der Waals surface area contributed by atoms with E-state index in [2.05, 4.69) is 15.1 Å². The zero-order valence-corrected chi connectivity index (χ0v) is 17.1. The zero-order valence-electron chi connectivity index (χ0n) is 15.6. The quantitative estimate of drug-likeness (QED) is 0.602. The SMILES string of the molecule is CC(C)n1nccc1NC(=O)c1ccc(NS(=O)(=O)c2ccc(F)c(Cl)c2)cc1. The Balaban J connectivity index is 1.73. The molecule has 152 valence electrons. The molecule has 3 rings (SSSR count). The second-order valence-electron chi connectivity index (χ2n) is 6.47. The number of hydrogen-bond acceptors (Lipinski definition) is 4. The van der Waals surface area contributed by atoms with Gasteiger partial charge in [-0.05, 0) is 56.3 Å². The number of rotatable bonds is 6. The number of nitrogens with one attached hydrogen (secondary N) is 2. The maximum atomic E-state index is 13.2. The van der Waals surface area contributed by atoms with Crippen molar-refractivity contribution in [3.05, 3.63) is 71.1 Å². The molecule has 0 saturated heterocycles. The lowest BCUT2D eigenvalue weighted by molar-refractivity contribution is 0.102. The molecule has 0 spiro atoms. The molecule has 1 amide bonds. The molecule has 0 aliphatic rings. The van der Waals surface area contributed by atoms with Crippen LogP contribution in [0.2, 0.25) is 5.02 Å². The number of carbonyl (C=O) groups is 1. The first-order chi connectivity index (χ1) is 13.7. The average molecular weight is 437 g/mol. The van der Waals surface area contributed by atoms with E-state index in [0.29, 0.717) is 11.4 Å². The molecular weight excluding hydrogens is 419 g/mol. The van der Waals surface area contributed by atoms with E-state index in [1.165, 1.54) is 24.3 Å². The Bertz CT molecular complexity index is 1140. The number of nitrogens with zero attached hydrogens (tertiary/aromatic N) is 2. The van der Waals surface area contributed by atoms with E-state index in [-0.39, 0.29) is 27.6 Å². The van der Waals surface area contributed by atoms with Crippen LogP contribution in [-0.2, 0) is 10.0 Å². The predicted molar refractivity (Wildman–Crippen MR) is 109 cm³/mol.